The molecule has 0 aromatic heterocycles. The smallest absolute Gasteiger partial charge is 0.306 e. The predicted octanol–water partition coefficient (Wildman–Crippen LogP) is 2.21. The van der Waals surface area contributed by atoms with Crippen molar-refractivity contribution in [3.8, 4) is 6.07 Å². The van der Waals surface area contributed by atoms with Crippen LogP contribution in [-0.2, 0) is 20.7 Å². The van der Waals surface area contributed by atoms with Crippen LogP contribution in [0.1, 0.15) is 52.1 Å². The normalized spacial score (nSPS) is 13.1. The highest BCUT2D eigenvalue weighted by Crippen LogP contribution is 2.25. The Morgan fingerprint density at radius 3 is 2.61 bits per heavy atom. The van der Waals surface area contributed by atoms with Gasteiger partial charge in [-0.1, -0.05) is 12.1 Å². The first-order valence-corrected chi connectivity index (χ1v) is 10.6. The van der Waals surface area contributed by atoms with E-state index in [-0.39, 0.29) is 37.5 Å². The van der Waals surface area contributed by atoms with Crippen LogP contribution >= 0.6 is 0 Å². The molecular weight excluding hydrogens is 424 g/mol. The molecule has 9 nitrogen and oxygen atoms in total. The number of hydrazine groups is 1. The molecule has 0 saturated heterocycles. The second kappa shape index (κ2) is 10.4. The van der Waals surface area contributed by atoms with Crippen molar-refractivity contribution in [2.45, 2.75) is 26.7 Å². The number of ether oxygens (including phenoxy) is 1. The molecule has 3 rings (SSSR count). The van der Waals surface area contributed by atoms with E-state index in [9.17, 15) is 24.4 Å². The zero-order valence-electron chi connectivity index (χ0n) is 18.5. The Balaban J connectivity index is 1.87. The Morgan fingerprint density at radius 1 is 1.15 bits per heavy atom. The van der Waals surface area contributed by atoms with Crippen molar-refractivity contribution in [2.24, 2.45) is 0 Å². The van der Waals surface area contributed by atoms with Gasteiger partial charge in [0.1, 0.15) is 6.54 Å². The quantitative estimate of drug-likeness (QED) is 0.649. The molecule has 33 heavy (non-hydrogen) atoms. The Labute approximate surface area is 191 Å². The number of nitriles is 1. The molecule has 0 saturated carbocycles. The minimum atomic E-state index is -0.623. The first kappa shape index (κ1) is 23.5. The van der Waals surface area contributed by atoms with E-state index < -0.39 is 17.8 Å². The highest BCUT2D eigenvalue weighted by Gasteiger charge is 2.32. The molecular formula is C24H24N4O5. The predicted molar refractivity (Wildman–Crippen MR) is 119 cm³/mol. The molecule has 3 amide bonds. The summed E-state index contributed by atoms with van der Waals surface area (Å²) in [6, 6.07) is 13.2. The maximum absolute atomic E-state index is 13.1. The lowest BCUT2D eigenvalue weighted by Gasteiger charge is -2.22. The number of amides is 3. The molecule has 2 aromatic rings. The molecule has 0 fully saturated rings. The van der Waals surface area contributed by atoms with Gasteiger partial charge in [0.15, 0.2) is 0 Å². The van der Waals surface area contributed by atoms with E-state index in [0.717, 1.165) is 5.01 Å². The summed E-state index contributed by atoms with van der Waals surface area (Å²) < 4.78 is 4.94. The van der Waals surface area contributed by atoms with E-state index in [1.165, 1.54) is 23.1 Å². The average Bonchev–Trinajstić information content (AvgIpc) is 2.91. The summed E-state index contributed by atoms with van der Waals surface area (Å²) in [6.07, 6.45) is 0.208. The highest BCUT2D eigenvalue weighted by atomic mass is 16.5. The second-order valence-corrected chi connectivity index (χ2v) is 7.28. The topological polar surface area (TPSA) is 120 Å². The van der Waals surface area contributed by atoms with Crippen molar-refractivity contribution in [3.05, 3.63) is 64.7 Å². The van der Waals surface area contributed by atoms with Gasteiger partial charge in [0, 0.05) is 18.5 Å². The third-order valence-electron chi connectivity index (χ3n) is 5.20. The number of aryl methyl sites for hydroxylation is 1. The summed E-state index contributed by atoms with van der Waals surface area (Å²) in [5, 5.41) is 10.2. The van der Waals surface area contributed by atoms with Crippen LogP contribution in [0.15, 0.2) is 42.5 Å². The number of rotatable bonds is 7. The molecule has 1 aliphatic rings. The third-order valence-corrected chi connectivity index (χ3v) is 5.20. The molecule has 1 N–H and O–H groups in total. The van der Waals surface area contributed by atoms with Gasteiger partial charge < -0.3 is 9.64 Å². The Hall–Kier alpha value is -4.19. The van der Waals surface area contributed by atoms with Gasteiger partial charge in [-0.2, -0.15) is 5.26 Å². The van der Waals surface area contributed by atoms with Crippen LogP contribution in [-0.4, -0.2) is 48.4 Å². The van der Waals surface area contributed by atoms with Gasteiger partial charge in [0.2, 0.25) is 5.91 Å². The molecule has 0 aliphatic carbocycles. The van der Waals surface area contributed by atoms with Crippen molar-refractivity contribution >= 4 is 29.4 Å². The van der Waals surface area contributed by atoms with Crippen molar-refractivity contribution in [1.29, 1.82) is 5.26 Å². The van der Waals surface area contributed by atoms with Crippen LogP contribution in [0.4, 0.5) is 5.69 Å². The van der Waals surface area contributed by atoms with Crippen LogP contribution in [0.25, 0.3) is 0 Å². The van der Waals surface area contributed by atoms with Crippen LogP contribution in [0.2, 0.25) is 0 Å². The van der Waals surface area contributed by atoms with Crippen molar-refractivity contribution in [2.75, 3.05) is 24.6 Å². The number of hydrogen-bond acceptors (Lipinski definition) is 6. The SMILES string of the molecule is CCOC(=O)CCc1cc(C#N)ccc1C(=O)NN1CC(=O)N(CC)c2ccccc2C1=O. The largest absolute Gasteiger partial charge is 0.466 e. The van der Waals surface area contributed by atoms with E-state index in [4.69, 9.17) is 4.74 Å². The van der Waals surface area contributed by atoms with E-state index in [2.05, 4.69) is 5.43 Å². The monoisotopic (exact) mass is 448 g/mol. The molecule has 0 unspecified atom stereocenters. The fourth-order valence-electron chi connectivity index (χ4n) is 3.64. The van der Waals surface area contributed by atoms with Crippen molar-refractivity contribution in [3.63, 3.8) is 0 Å². The molecule has 0 spiro atoms. The number of nitrogens with zero attached hydrogens (tertiary/aromatic N) is 3. The standard InChI is InChI=1S/C24H24N4O5/c1-3-27-20-8-6-5-7-19(20)24(32)28(15-21(27)29)26-23(31)18-11-9-16(14-25)13-17(18)10-12-22(30)33-4-2/h5-9,11,13H,3-4,10,12,15H2,1-2H3,(H,26,31). The zero-order chi connectivity index (χ0) is 24.0. The van der Waals surface area contributed by atoms with Crippen molar-refractivity contribution in [1.82, 2.24) is 10.4 Å². The van der Waals surface area contributed by atoms with E-state index in [1.54, 1.807) is 38.1 Å². The first-order valence-electron chi connectivity index (χ1n) is 10.6. The lowest BCUT2D eigenvalue weighted by atomic mass is 9.99. The minimum Gasteiger partial charge on any atom is -0.466 e. The summed E-state index contributed by atoms with van der Waals surface area (Å²) in [5.74, 6) is -1.89. The number of para-hydroxylation sites is 1. The average molecular weight is 448 g/mol. The van der Waals surface area contributed by atoms with Crippen LogP contribution in [0.5, 0.6) is 0 Å². The van der Waals surface area contributed by atoms with Gasteiger partial charge in [-0.25, -0.2) is 5.01 Å². The Morgan fingerprint density at radius 2 is 1.91 bits per heavy atom. The molecule has 0 atom stereocenters. The molecule has 1 heterocycles. The van der Waals surface area contributed by atoms with Gasteiger partial charge >= 0.3 is 5.97 Å². The number of carbonyl (C=O) groups is 4. The highest BCUT2D eigenvalue weighted by molar-refractivity contribution is 6.10. The van der Waals surface area contributed by atoms with Gasteiger partial charge in [-0.15, -0.1) is 0 Å². The molecule has 2 aromatic carbocycles. The molecule has 0 bridgehead atoms. The molecule has 0 radical (unpaired) electrons. The summed E-state index contributed by atoms with van der Waals surface area (Å²) in [6.45, 7) is 3.79. The number of fused-ring (bicyclic) bond motifs is 1. The minimum absolute atomic E-state index is 0.0307. The van der Waals surface area contributed by atoms with E-state index >= 15 is 0 Å². The third kappa shape index (κ3) is 5.18. The van der Waals surface area contributed by atoms with Gasteiger partial charge in [0.25, 0.3) is 11.8 Å². The lowest BCUT2D eigenvalue weighted by molar-refractivity contribution is -0.143. The fourth-order valence-corrected chi connectivity index (χ4v) is 3.64. The van der Waals surface area contributed by atoms with E-state index in [0.29, 0.717) is 28.9 Å². The zero-order valence-corrected chi connectivity index (χ0v) is 18.5. The van der Waals surface area contributed by atoms with Gasteiger partial charge in [0.05, 0.1) is 29.5 Å². The molecule has 170 valence electrons. The number of benzene rings is 2. The number of nitrogens with one attached hydrogen (secondary N) is 1. The Bertz CT molecular complexity index is 1140. The number of hydrogen-bond donors (Lipinski definition) is 1. The second-order valence-electron chi connectivity index (χ2n) is 7.28. The summed E-state index contributed by atoms with van der Waals surface area (Å²) in [4.78, 5) is 52.2. The van der Waals surface area contributed by atoms with Gasteiger partial charge in [-0.3, -0.25) is 24.6 Å². The molecule has 9 heteroatoms. The number of anilines is 1. The van der Waals surface area contributed by atoms with Crippen LogP contribution < -0.4 is 10.3 Å². The molecule has 1 aliphatic heterocycles. The maximum atomic E-state index is 13.1. The number of esters is 1. The van der Waals surface area contributed by atoms with Gasteiger partial charge in [-0.05, 0) is 56.2 Å². The van der Waals surface area contributed by atoms with E-state index in [1.807, 2.05) is 6.07 Å². The van der Waals surface area contributed by atoms with Crippen molar-refractivity contribution < 1.29 is 23.9 Å². The summed E-state index contributed by atoms with van der Waals surface area (Å²) >= 11 is 0. The van der Waals surface area contributed by atoms with Crippen LogP contribution in [0.3, 0.4) is 0 Å². The van der Waals surface area contributed by atoms with Crippen LogP contribution in [0, 0.1) is 11.3 Å². The maximum Gasteiger partial charge on any atom is 0.306 e. The Kier molecular flexibility index (Phi) is 7.41. The summed E-state index contributed by atoms with van der Waals surface area (Å²) in [7, 11) is 0. The fraction of sp³-hybridized carbons (Fsp3) is 0.292. The summed E-state index contributed by atoms with van der Waals surface area (Å²) in [5.41, 5.74) is 4.31. The number of likely N-dealkylation sites (N-methyl/N-ethyl adjacent to an activating group) is 1. The number of carbonyl (C=O) groups excluding carboxylic acids is 4. The first-order chi connectivity index (χ1) is 15.9. The lowest BCUT2D eigenvalue weighted by Crippen LogP contribution is -2.49.